The topological polar surface area (TPSA) is 43.4 Å². The molecule has 0 aliphatic heterocycles. The molecule has 3 nitrogen and oxygen atoms in total. The van der Waals surface area contributed by atoms with Gasteiger partial charge in [-0.1, -0.05) is 40.7 Å². The summed E-state index contributed by atoms with van der Waals surface area (Å²) < 4.78 is 30.7. The molecule has 0 aromatic carbocycles. The lowest BCUT2D eigenvalue weighted by Gasteiger charge is -2.24. The largest absolute Gasteiger partial charge is 0.381 e. The summed E-state index contributed by atoms with van der Waals surface area (Å²) in [5.41, 5.74) is -0.0497. The van der Waals surface area contributed by atoms with Gasteiger partial charge in [-0.25, -0.2) is 8.42 Å². The molecule has 1 heterocycles. The van der Waals surface area contributed by atoms with Gasteiger partial charge in [0.15, 0.2) is 9.84 Å². The van der Waals surface area contributed by atoms with Crippen LogP contribution in [0, 0.1) is 10.8 Å². The Hall–Kier alpha value is -0.390. The molecule has 1 aromatic heterocycles. The summed E-state index contributed by atoms with van der Waals surface area (Å²) in [4.78, 5) is 0. The van der Waals surface area contributed by atoms with Crippen LogP contribution in [0.5, 0.6) is 0 Å². The first kappa shape index (κ1) is 18.7. The zero-order valence-corrected chi connectivity index (χ0v) is 15.4. The molecule has 0 saturated carbocycles. The van der Waals surface area contributed by atoms with Crippen molar-refractivity contribution in [1.82, 2.24) is 0 Å². The number of hydrogen-bond donors (Lipinski definition) is 0. The van der Waals surface area contributed by atoms with Crippen molar-refractivity contribution in [2.75, 3.05) is 19.0 Å². The van der Waals surface area contributed by atoms with Gasteiger partial charge in [-0.05, 0) is 35.1 Å². The standard InChI is InChI=1S/C16H28O3S2/c1-15(2,3)12-19-10-7-9-16(4,5)13-21(17,18)14-8-6-11-20-14/h6,8,11H,7,9-10,12-13H2,1-5H3. The molecule has 0 atom stereocenters. The van der Waals surface area contributed by atoms with Crippen LogP contribution < -0.4 is 0 Å². The van der Waals surface area contributed by atoms with Gasteiger partial charge in [0.25, 0.3) is 0 Å². The number of ether oxygens (including phenoxy) is 1. The van der Waals surface area contributed by atoms with Gasteiger partial charge in [0, 0.05) is 6.61 Å². The average molecular weight is 333 g/mol. The fourth-order valence-electron chi connectivity index (χ4n) is 2.13. The molecule has 0 saturated heterocycles. The molecule has 0 spiro atoms. The lowest BCUT2D eigenvalue weighted by molar-refractivity contribution is 0.0649. The summed E-state index contributed by atoms with van der Waals surface area (Å²) >= 11 is 1.29. The van der Waals surface area contributed by atoms with Crippen molar-refractivity contribution < 1.29 is 13.2 Å². The highest BCUT2D eigenvalue weighted by atomic mass is 32.2. The minimum atomic E-state index is -3.16. The lowest BCUT2D eigenvalue weighted by Crippen LogP contribution is -2.24. The zero-order chi connectivity index (χ0) is 16.1. The maximum atomic E-state index is 12.3. The van der Waals surface area contributed by atoms with Gasteiger partial charge in [-0.3, -0.25) is 0 Å². The van der Waals surface area contributed by atoms with E-state index >= 15 is 0 Å². The van der Waals surface area contributed by atoms with E-state index in [1.54, 1.807) is 17.5 Å². The van der Waals surface area contributed by atoms with E-state index in [0.717, 1.165) is 19.4 Å². The third kappa shape index (κ3) is 7.43. The maximum Gasteiger partial charge on any atom is 0.188 e. The van der Waals surface area contributed by atoms with Crippen molar-refractivity contribution in [3.63, 3.8) is 0 Å². The third-order valence-electron chi connectivity index (χ3n) is 3.06. The Kier molecular flexibility index (Phi) is 6.44. The molecule has 0 fully saturated rings. The molecule has 1 aromatic rings. The van der Waals surface area contributed by atoms with Gasteiger partial charge in [0.05, 0.1) is 12.4 Å². The van der Waals surface area contributed by atoms with E-state index in [1.165, 1.54) is 11.3 Å². The Labute approximate surface area is 133 Å². The van der Waals surface area contributed by atoms with E-state index in [9.17, 15) is 8.42 Å². The van der Waals surface area contributed by atoms with Crippen LogP contribution in [0.1, 0.15) is 47.5 Å². The number of hydrogen-bond acceptors (Lipinski definition) is 4. The van der Waals surface area contributed by atoms with E-state index in [-0.39, 0.29) is 16.6 Å². The first-order valence-corrected chi connectivity index (χ1v) is 9.89. The summed E-state index contributed by atoms with van der Waals surface area (Å²) in [5, 5.41) is 1.81. The molecule has 0 unspecified atom stereocenters. The van der Waals surface area contributed by atoms with Gasteiger partial charge in [-0.2, -0.15) is 0 Å². The predicted octanol–water partition coefficient (Wildman–Crippen LogP) is 4.39. The van der Waals surface area contributed by atoms with Crippen LogP contribution in [0.15, 0.2) is 21.7 Å². The number of thiophene rings is 1. The minimum absolute atomic E-state index is 0.179. The second-order valence-corrected chi connectivity index (χ2v) is 10.7. The van der Waals surface area contributed by atoms with Gasteiger partial charge < -0.3 is 4.74 Å². The Morgan fingerprint density at radius 1 is 1.19 bits per heavy atom. The first-order valence-electron chi connectivity index (χ1n) is 7.36. The third-order valence-corrected chi connectivity index (χ3v) is 6.68. The normalized spacial score (nSPS) is 13.6. The molecular weight excluding hydrogens is 304 g/mol. The Morgan fingerprint density at radius 2 is 1.86 bits per heavy atom. The van der Waals surface area contributed by atoms with Crippen LogP contribution in [-0.2, 0) is 14.6 Å². The van der Waals surface area contributed by atoms with Crippen molar-refractivity contribution >= 4 is 21.2 Å². The van der Waals surface area contributed by atoms with E-state index in [1.807, 2.05) is 13.8 Å². The Bertz CT molecular complexity index is 508. The molecular formula is C16H28O3S2. The molecule has 0 aliphatic carbocycles. The van der Waals surface area contributed by atoms with E-state index < -0.39 is 9.84 Å². The molecule has 0 N–H and O–H groups in total. The van der Waals surface area contributed by atoms with Crippen LogP contribution in [-0.4, -0.2) is 27.4 Å². The van der Waals surface area contributed by atoms with E-state index in [4.69, 9.17) is 4.74 Å². The molecule has 0 radical (unpaired) electrons. The summed E-state index contributed by atoms with van der Waals surface area (Å²) in [7, 11) is -3.16. The number of sulfone groups is 1. The smallest absolute Gasteiger partial charge is 0.188 e. The SMILES string of the molecule is CC(C)(C)COCCCC(C)(C)CS(=O)(=O)c1cccs1. The predicted molar refractivity (Wildman–Crippen MR) is 89.7 cm³/mol. The average Bonchev–Trinajstić information content (AvgIpc) is 2.78. The fraction of sp³-hybridized carbons (Fsp3) is 0.750. The van der Waals surface area contributed by atoms with Crippen molar-refractivity contribution in [1.29, 1.82) is 0 Å². The number of rotatable bonds is 8. The minimum Gasteiger partial charge on any atom is -0.381 e. The monoisotopic (exact) mass is 332 g/mol. The molecule has 21 heavy (non-hydrogen) atoms. The van der Waals surface area contributed by atoms with Crippen LogP contribution in [0.3, 0.4) is 0 Å². The van der Waals surface area contributed by atoms with Crippen molar-refractivity contribution in [3.05, 3.63) is 17.5 Å². The van der Waals surface area contributed by atoms with Crippen molar-refractivity contribution in [2.45, 2.75) is 51.7 Å². The van der Waals surface area contributed by atoms with Crippen molar-refractivity contribution in [3.8, 4) is 0 Å². The maximum absolute atomic E-state index is 12.3. The highest BCUT2D eigenvalue weighted by molar-refractivity contribution is 7.93. The van der Waals surface area contributed by atoms with Gasteiger partial charge in [-0.15, -0.1) is 11.3 Å². The summed E-state index contributed by atoms with van der Waals surface area (Å²) in [5.74, 6) is 0.194. The van der Waals surface area contributed by atoms with Crippen LogP contribution in [0.25, 0.3) is 0 Å². The van der Waals surface area contributed by atoms with Gasteiger partial charge in [0.2, 0.25) is 0 Å². The molecule has 0 aliphatic rings. The zero-order valence-electron chi connectivity index (χ0n) is 13.8. The van der Waals surface area contributed by atoms with Crippen molar-refractivity contribution in [2.24, 2.45) is 10.8 Å². The highest BCUT2D eigenvalue weighted by Gasteiger charge is 2.27. The Morgan fingerprint density at radius 3 is 2.38 bits per heavy atom. The van der Waals surface area contributed by atoms with Crippen LogP contribution >= 0.6 is 11.3 Å². The quantitative estimate of drug-likeness (QED) is 0.663. The molecule has 122 valence electrons. The summed E-state index contributed by atoms with van der Waals surface area (Å²) in [6.07, 6.45) is 1.74. The van der Waals surface area contributed by atoms with Crippen LogP contribution in [0.4, 0.5) is 0 Å². The molecule has 0 bridgehead atoms. The fourth-order valence-corrected chi connectivity index (χ4v) is 5.11. The first-order chi connectivity index (χ1) is 9.52. The van der Waals surface area contributed by atoms with E-state index in [0.29, 0.717) is 10.8 Å². The Balaban J connectivity index is 2.40. The second-order valence-electron chi connectivity index (χ2n) is 7.57. The van der Waals surface area contributed by atoms with Gasteiger partial charge >= 0.3 is 0 Å². The summed E-state index contributed by atoms with van der Waals surface area (Å²) in [6, 6.07) is 3.47. The van der Waals surface area contributed by atoms with Gasteiger partial charge in [0.1, 0.15) is 4.21 Å². The summed E-state index contributed by atoms with van der Waals surface area (Å²) in [6.45, 7) is 11.9. The molecule has 0 amide bonds. The second kappa shape index (κ2) is 7.25. The molecule has 1 rings (SSSR count). The highest BCUT2D eigenvalue weighted by Crippen LogP contribution is 2.29. The van der Waals surface area contributed by atoms with E-state index in [2.05, 4.69) is 20.8 Å². The van der Waals surface area contributed by atoms with Crippen LogP contribution in [0.2, 0.25) is 0 Å². The molecule has 5 heteroatoms. The lowest BCUT2D eigenvalue weighted by atomic mass is 9.90.